The Labute approximate surface area is 134 Å². The van der Waals surface area contributed by atoms with Crippen LogP contribution in [0.2, 0.25) is 0 Å². The third-order valence-corrected chi connectivity index (χ3v) is 5.47. The maximum atomic E-state index is 6.92. The molecular weight excluding hydrogens is 276 g/mol. The molecule has 0 N–H and O–H groups in total. The molecule has 0 aliphatic rings. The number of benzene rings is 2. The number of hydrogen-bond acceptors (Lipinski definition) is 0. The quantitative estimate of drug-likeness (QED) is 0.581. The van der Waals surface area contributed by atoms with Crippen molar-refractivity contribution in [2.24, 2.45) is 0 Å². The summed E-state index contributed by atoms with van der Waals surface area (Å²) >= 11 is 6.92. The first-order valence-electron chi connectivity index (χ1n) is 7.53. The molecule has 1 unspecified atom stereocenters. The fourth-order valence-electron chi connectivity index (χ4n) is 3.10. The number of halogens is 1. The van der Waals surface area contributed by atoms with Crippen LogP contribution in [0.4, 0.5) is 0 Å². The lowest BCUT2D eigenvalue weighted by Gasteiger charge is -2.23. The van der Waals surface area contributed by atoms with Gasteiger partial charge in [0.25, 0.3) is 0 Å². The molecule has 0 heterocycles. The lowest BCUT2D eigenvalue weighted by atomic mass is 9.85. The molecule has 0 spiro atoms. The Morgan fingerprint density at radius 1 is 0.714 bits per heavy atom. The number of aryl methyl sites for hydroxylation is 2. The van der Waals surface area contributed by atoms with Crippen LogP contribution in [-0.4, -0.2) is 0 Å². The maximum absolute atomic E-state index is 6.92. The summed E-state index contributed by atoms with van der Waals surface area (Å²) in [5.41, 5.74) is 11.8. The number of rotatable bonds is 2. The van der Waals surface area contributed by atoms with Crippen molar-refractivity contribution in [3.8, 4) is 0 Å². The molecule has 0 fully saturated rings. The van der Waals surface area contributed by atoms with Crippen LogP contribution in [0.1, 0.15) is 55.4 Å². The minimum absolute atomic E-state index is 0.0806. The average molecular weight is 301 g/mol. The molecule has 2 aromatic carbocycles. The highest BCUT2D eigenvalue weighted by Gasteiger charge is 2.21. The first kappa shape index (κ1) is 16.1. The van der Waals surface area contributed by atoms with Crippen LogP contribution >= 0.6 is 11.6 Å². The predicted molar refractivity (Wildman–Crippen MR) is 93.7 cm³/mol. The second-order valence-corrected chi connectivity index (χ2v) is 6.70. The van der Waals surface area contributed by atoms with E-state index in [0.29, 0.717) is 0 Å². The van der Waals surface area contributed by atoms with E-state index in [0.717, 1.165) is 0 Å². The fraction of sp³-hybridized carbons (Fsp3) is 0.400. The molecule has 112 valence electrons. The largest absolute Gasteiger partial charge is 0.113 e. The smallest absolute Gasteiger partial charge is 0.0843 e. The average Bonchev–Trinajstić information content (AvgIpc) is 2.45. The van der Waals surface area contributed by atoms with E-state index in [1.807, 2.05) is 0 Å². The van der Waals surface area contributed by atoms with E-state index >= 15 is 0 Å². The van der Waals surface area contributed by atoms with Gasteiger partial charge in [-0.3, -0.25) is 0 Å². The molecule has 0 nitrogen and oxygen atoms in total. The van der Waals surface area contributed by atoms with Crippen molar-refractivity contribution in [3.05, 3.63) is 68.3 Å². The Balaban J connectivity index is 2.69. The summed E-state index contributed by atoms with van der Waals surface area (Å²) in [5, 5.41) is -0.0806. The highest BCUT2D eigenvalue weighted by atomic mass is 35.5. The molecule has 1 heteroatoms. The van der Waals surface area contributed by atoms with Gasteiger partial charge in [-0.1, -0.05) is 23.8 Å². The van der Waals surface area contributed by atoms with Crippen LogP contribution in [0.3, 0.4) is 0 Å². The molecule has 0 radical (unpaired) electrons. The lowest BCUT2D eigenvalue weighted by Crippen LogP contribution is -2.07. The minimum Gasteiger partial charge on any atom is -0.113 e. The second-order valence-electron chi connectivity index (χ2n) is 6.26. The first-order chi connectivity index (χ1) is 9.75. The summed E-state index contributed by atoms with van der Waals surface area (Å²) in [6.07, 6.45) is 0. The lowest BCUT2D eigenvalue weighted by molar-refractivity contribution is 1.02. The molecule has 21 heavy (non-hydrogen) atoms. The van der Waals surface area contributed by atoms with Crippen molar-refractivity contribution in [1.29, 1.82) is 0 Å². The van der Waals surface area contributed by atoms with Gasteiger partial charge in [-0.2, -0.15) is 0 Å². The van der Waals surface area contributed by atoms with E-state index in [1.165, 1.54) is 50.1 Å². The highest BCUT2D eigenvalue weighted by molar-refractivity contribution is 6.23. The normalized spacial score (nSPS) is 12.6. The topological polar surface area (TPSA) is 0 Å². The molecule has 0 saturated heterocycles. The molecule has 0 aliphatic heterocycles. The summed E-state index contributed by atoms with van der Waals surface area (Å²) in [4.78, 5) is 0. The zero-order valence-corrected chi connectivity index (χ0v) is 14.9. The van der Waals surface area contributed by atoms with E-state index < -0.39 is 0 Å². The van der Waals surface area contributed by atoms with Gasteiger partial charge in [0.1, 0.15) is 0 Å². The van der Waals surface area contributed by atoms with Gasteiger partial charge in [-0.15, -0.1) is 11.6 Å². The van der Waals surface area contributed by atoms with Gasteiger partial charge in [0.2, 0.25) is 0 Å². The van der Waals surface area contributed by atoms with Gasteiger partial charge in [-0.25, -0.2) is 0 Å². The predicted octanol–water partition coefficient (Wildman–Crippen LogP) is 6.17. The molecule has 1 atom stereocenters. The molecular formula is C20H25Cl. The molecule has 2 rings (SSSR count). The summed E-state index contributed by atoms with van der Waals surface area (Å²) in [7, 11) is 0. The van der Waals surface area contributed by atoms with Crippen molar-refractivity contribution in [3.63, 3.8) is 0 Å². The third kappa shape index (κ3) is 2.74. The molecule has 0 bridgehead atoms. The van der Waals surface area contributed by atoms with Crippen LogP contribution in [0, 0.1) is 48.5 Å². The van der Waals surface area contributed by atoms with Gasteiger partial charge in [0, 0.05) is 0 Å². The van der Waals surface area contributed by atoms with E-state index in [4.69, 9.17) is 11.6 Å². The highest BCUT2D eigenvalue weighted by Crippen LogP contribution is 2.38. The Bertz CT molecular complexity index is 666. The van der Waals surface area contributed by atoms with Crippen molar-refractivity contribution < 1.29 is 0 Å². The Kier molecular flexibility index (Phi) is 4.49. The monoisotopic (exact) mass is 300 g/mol. The Hall–Kier alpha value is -1.27. The van der Waals surface area contributed by atoms with Gasteiger partial charge >= 0.3 is 0 Å². The molecule has 2 aromatic rings. The summed E-state index contributed by atoms with van der Waals surface area (Å²) in [5.74, 6) is 0. The Morgan fingerprint density at radius 3 is 1.71 bits per heavy atom. The van der Waals surface area contributed by atoms with Crippen molar-refractivity contribution >= 4 is 11.6 Å². The van der Waals surface area contributed by atoms with E-state index in [9.17, 15) is 0 Å². The molecule has 0 aliphatic carbocycles. The number of alkyl halides is 1. The second kappa shape index (κ2) is 5.85. The number of hydrogen-bond donors (Lipinski definition) is 0. The fourth-order valence-corrected chi connectivity index (χ4v) is 3.66. The first-order valence-corrected chi connectivity index (χ1v) is 7.97. The third-order valence-electron chi connectivity index (χ3n) is 5.02. The summed E-state index contributed by atoms with van der Waals surface area (Å²) < 4.78 is 0. The van der Waals surface area contributed by atoms with Crippen LogP contribution in [0.15, 0.2) is 18.2 Å². The van der Waals surface area contributed by atoms with Crippen LogP contribution in [0.25, 0.3) is 0 Å². The summed E-state index contributed by atoms with van der Waals surface area (Å²) in [6.45, 7) is 15.3. The minimum atomic E-state index is -0.0806. The summed E-state index contributed by atoms with van der Waals surface area (Å²) in [6, 6.07) is 6.53. The van der Waals surface area contributed by atoms with Gasteiger partial charge in [-0.05, 0) is 93.0 Å². The van der Waals surface area contributed by atoms with Crippen LogP contribution in [-0.2, 0) is 0 Å². The standard InChI is InChI=1S/C20H25Cl/c1-11-8-9-12(2)18(10-11)20(21)19-16(6)14(4)13(3)15(5)17(19)7/h8-10,20H,1-7H3. The van der Waals surface area contributed by atoms with Crippen LogP contribution < -0.4 is 0 Å². The van der Waals surface area contributed by atoms with Crippen molar-refractivity contribution in [2.75, 3.05) is 0 Å². The van der Waals surface area contributed by atoms with E-state index in [2.05, 4.69) is 66.7 Å². The maximum Gasteiger partial charge on any atom is 0.0843 e. The molecule has 0 amide bonds. The Morgan fingerprint density at radius 2 is 1.19 bits per heavy atom. The van der Waals surface area contributed by atoms with E-state index in [-0.39, 0.29) is 5.38 Å². The van der Waals surface area contributed by atoms with Gasteiger partial charge < -0.3 is 0 Å². The van der Waals surface area contributed by atoms with Crippen molar-refractivity contribution in [2.45, 2.75) is 53.8 Å². The van der Waals surface area contributed by atoms with E-state index in [1.54, 1.807) is 0 Å². The molecule has 0 aromatic heterocycles. The van der Waals surface area contributed by atoms with Crippen LogP contribution in [0.5, 0.6) is 0 Å². The van der Waals surface area contributed by atoms with Gasteiger partial charge in [0.15, 0.2) is 0 Å². The zero-order valence-electron chi connectivity index (χ0n) is 14.2. The van der Waals surface area contributed by atoms with Crippen molar-refractivity contribution in [1.82, 2.24) is 0 Å². The zero-order chi connectivity index (χ0) is 15.9. The molecule has 0 saturated carbocycles. The van der Waals surface area contributed by atoms with Gasteiger partial charge in [0.05, 0.1) is 5.38 Å². The SMILES string of the molecule is Cc1ccc(C)c(C(Cl)c2c(C)c(C)c(C)c(C)c2C)c1.